The number of rotatable bonds is 4. The van der Waals surface area contributed by atoms with Gasteiger partial charge in [0, 0.05) is 18.2 Å². The average Bonchev–Trinajstić information content (AvgIpc) is 2.95. The molecule has 3 aromatic rings. The number of ether oxygens (including phenoxy) is 2. The van der Waals surface area contributed by atoms with E-state index in [2.05, 4.69) is 17.2 Å². The van der Waals surface area contributed by atoms with Crippen LogP contribution in [0.4, 0.5) is 5.69 Å². The van der Waals surface area contributed by atoms with E-state index in [4.69, 9.17) is 9.47 Å². The molecule has 2 N–H and O–H groups in total. The number of hydrogen-bond acceptors (Lipinski definition) is 5. The van der Waals surface area contributed by atoms with Crippen LogP contribution in [0.25, 0.3) is 0 Å². The summed E-state index contributed by atoms with van der Waals surface area (Å²) in [5.74, 6) is 6.59. The molecule has 178 valence electrons. The Balaban J connectivity index is 1.48. The third-order valence-corrected chi connectivity index (χ3v) is 5.25. The van der Waals surface area contributed by atoms with Crippen LogP contribution < -0.4 is 19.7 Å². The highest BCUT2D eigenvalue weighted by Crippen LogP contribution is 2.31. The zero-order valence-electron chi connectivity index (χ0n) is 19.7. The molecule has 0 bridgehead atoms. The van der Waals surface area contributed by atoms with Gasteiger partial charge in [-0.05, 0) is 62.4 Å². The largest absolute Gasteiger partial charge is 0.489 e. The van der Waals surface area contributed by atoms with E-state index in [-0.39, 0.29) is 12.5 Å². The standard InChI is InChI=1S/C28H26N2O5/c1-28(2,33)15-14-19-12-13-25-24(16-19)30(3)27(32)23(18-34-25)29-26(31)20-8-7-11-22(17-20)35-21-9-5-4-6-10-21/h4-13,16-17,23,33H,18H2,1-3H3,(H,29,31). The Bertz CT molecular complexity index is 1300. The predicted octanol–water partition coefficient (Wildman–Crippen LogP) is 3.76. The number of nitrogens with one attached hydrogen (secondary N) is 1. The number of hydrogen-bond donors (Lipinski definition) is 2. The maximum Gasteiger partial charge on any atom is 0.252 e. The lowest BCUT2D eigenvalue weighted by Crippen LogP contribution is -2.49. The summed E-state index contributed by atoms with van der Waals surface area (Å²) in [4.78, 5) is 27.5. The average molecular weight is 471 g/mol. The Hall–Kier alpha value is -4.28. The van der Waals surface area contributed by atoms with Crippen LogP contribution in [0.1, 0.15) is 29.8 Å². The molecule has 1 aliphatic heterocycles. The first-order valence-electron chi connectivity index (χ1n) is 11.1. The smallest absolute Gasteiger partial charge is 0.252 e. The highest BCUT2D eigenvalue weighted by atomic mass is 16.5. The predicted molar refractivity (Wildman–Crippen MR) is 133 cm³/mol. The fourth-order valence-electron chi connectivity index (χ4n) is 3.47. The quantitative estimate of drug-likeness (QED) is 0.567. The number of benzene rings is 3. The van der Waals surface area contributed by atoms with Crippen LogP contribution in [0.5, 0.6) is 17.2 Å². The SMILES string of the molecule is CN1C(=O)C(NC(=O)c2cccc(Oc3ccccc3)c2)COc2ccc(C#CC(C)(C)O)cc21. The molecule has 0 radical (unpaired) electrons. The molecule has 0 aliphatic carbocycles. The molecule has 35 heavy (non-hydrogen) atoms. The summed E-state index contributed by atoms with van der Waals surface area (Å²) in [5, 5.41) is 12.6. The number of amides is 2. The van der Waals surface area contributed by atoms with Crippen molar-refractivity contribution in [3.8, 4) is 29.1 Å². The highest BCUT2D eigenvalue weighted by molar-refractivity contribution is 6.03. The maximum absolute atomic E-state index is 13.1. The van der Waals surface area contributed by atoms with E-state index < -0.39 is 17.6 Å². The number of aliphatic hydroxyl groups is 1. The van der Waals surface area contributed by atoms with E-state index in [9.17, 15) is 14.7 Å². The van der Waals surface area contributed by atoms with E-state index in [1.165, 1.54) is 4.90 Å². The first-order chi connectivity index (χ1) is 16.7. The monoisotopic (exact) mass is 470 g/mol. The van der Waals surface area contributed by atoms with Crippen molar-refractivity contribution < 1.29 is 24.2 Å². The van der Waals surface area contributed by atoms with Crippen molar-refractivity contribution >= 4 is 17.5 Å². The summed E-state index contributed by atoms with van der Waals surface area (Å²) in [5.41, 5.74) is 0.392. The number of carbonyl (C=O) groups excluding carboxylic acids is 2. The molecular formula is C28H26N2O5. The summed E-state index contributed by atoms with van der Waals surface area (Å²) >= 11 is 0. The summed E-state index contributed by atoms with van der Waals surface area (Å²) in [6.07, 6.45) is 0. The van der Waals surface area contributed by atoms with Crippen LogP contribution in [0, 0.1) is 11.8 Å². The van der Waals surface area contributed by atoms with Crippen molar-refractivity contribution in [2.45, 2.75) is 25.5 Å². The summed E-state index contributed by atoms with van der Waals surface area (Å²) < 4.78 is 11.6. The minimum Gasteiger partial charge on any atom is -0.489 e. The van der Waals surface area contributed by atoms with Gasteiger partial charge >= 0.3 is 0 Å². The third kappa shape index (κ3) is 5.99. The highest BCUT2D eigenvalue weighted by Gasteiger charge is 2.31. The van der Waals surface area contributed by atoms with Crippen molar-refractivity contribution in [2.24, 2.45) is 0 Å². The second-order valence-electron chi connectivity index (χ2n) is 8.67. The van der Waals surface area contributed by atoms with Gasteiger partial charge in [-0.1, -0.05) is 36.1 Å². The molecule has 1 heterocycles. The molecule has 7 nitrogen and oxygen atoms in total. The van der Waals surface area contributed by atoms with Gasteiger partial charge < -0.3 is 24.8 Å². The maximum atomic E-state index is 13.1. The molecule has 0 saturated carbocycles. The Morgan fingerprint density at radius 2 is 1.83 bits per heavy atom. The van der Waals surface area contributed by atoms with Gasteiger partial charge in [0.25, 0.3) is 11.8 Å². The number of carbonyl (C=O) groups is 2. The van der Waals surface area contributed by atoms with Gasteiger partial charge in [-0.25, -0.2) is 0 Å². The molecule has 3 aromatic carbocycles. The van der Waals surface area contributed by atoms with Crippen molar-refractivity contribution in [2.75, 3.05) is 18.6 Å². The molecule has 0 aromatic heterocycles. The number of para-hydroxylation sites is 1. The van der Waals surface area contributed by atoms with Gasteiger partial charge in [0.15, 0.2) is 0 Å². The lowest BCUT2D eigenvalue weighted by Gasteiger charge is -2.20. The van der Waals surface area contributed by atoms with Crippen molar-refractivity contribution in [1.82, 2.24) is 5.32 Å². The molecule has 1 unspecified atom stereocenters. The minimum absolute atomic E-state index is 0.0170. The van der Waals surface area contributed by atoms with Gasteiger partial charge in [0.05, 0.1) is 5.69 Å². The van der Waals surface area contributed by atoms with E-state index in [1.807, 2.05) is 30.3 Å². The summed E-state index contributed by atoms with van der Waals surface area (Å²) in [6.45, 7) is 3.18. The summed E-state index contributed by atoms with van der Waals surface area (Å²) in [6, 6.07) is 20.3. The number of fused-ring (bicyclic) bond motifs is 1. The Kier molecular flexibility index (Phi) is 6.76. The summed E-state index contributed by atoms with van der Waals surface area (Å²) in [7, 11) is 1.62. The Morgan fingerprint density at radius 3 is 2.57 bits per heavy atom. The van der Waals surface area contributed by atoms with Gasteiger partial charge in [-0.3, -0.25) is 9.59 Å². The van der Waals surface area contributed by atoms with Gasteiger partial charge in [0.2, 0.25) is 0 Å². The molecule has 2 amide bonds. The molecular weight excluding hydrogens is 444 g/mol. The fraction of sp³-hybridized carbons (Fsp3) is 0.214. The molecule has 0 fully saturated rings. The normalized spacial score (nSPS) is 15.1. The van der Waals surface area contributed by atoms with Crippen molar-refractivity contribution in [3.05, 3.63) is 83.9 Å². The second kappa shape index (κ2) is 9.92. The second-order valence-corrected chi connectivity index (χ2v) is 8.67. The molecule has 0 spiro atoms. The lowest BCUT2D eigenvalue weighted by molar-refractivity contribution is -0.120. The van der Waals surface area contributed by atoms with Gasteiger partial charge in [-0.2, -0.15) is 0 Å². The Labute approximate surface area is 204 Å². The zero-order chi connectivity index (χ0) is 25.0. The topological polar surface area (TPSA) is 88.1 Å². The van der Waals surface area contributed by atoms with Crippen LogP contribution in [-0.4, -0.2) is 42.2 Å². The van der Waals surface area contributed by atoms with Crippen molar-refractivity contribution in [3.63, 3.8) is 0 Å². The molecule has 1 aliphatic rings. The van der Waals surface area contributed by atoms with E-state index in [0.29, 0.717) is 34.1 Å². The van der Waals surface area contributed by atoms with E-state index in [1.54, 1.807) is 63.4 Å². The van der Waals surface area contributed by atoms with Crippen LogP contribution in [0.2, 0.25) is 0 Å². The molecule has 4 rings (SSSR count). The first-order valence-corrected chi connectivity index (χ1v) is 11.1. The van der Waals surface area contributed by atoms with Crippen molar-refractivity contribution in [1.29, 1.82) is 0 Å². The zero-order valence-corrected chi connectivity index (χ0v) is 19.7. The van der Waals surface area contributed by atoms with Crippen LogP contribution >= 0.6 is 0 Å². The Morgan fingerprint density at radius 1 is 1.09 bits per heavy atom. The van der Waals surface area contributed by atoms with Gasteiger partial charge in [-0.15, -0.1) is 0 Å². The minimum atomic E-state index is -1.14. The third-order valence-electron chi connectivity index (χ3n) is 5.25. The van der Waals surface area contributed by atoms with Crippen LogP contribution in [0.3, 0.4) is 0 Å². The lowest BCUT2D eigenvalue weighted by atomic mass is 10.1. The number of nitrogens with zero attached hydrogens (tertiary/aromatic N) is 1. The first kappa shape index (κ1) is 23.9. The van der Waals surface area contributed by atoms with E-state index >= 15 is 0 Å². The van der Waals surface area contributed by atoms with Gasteiger partial charge in [0.1, 0.15) is 35.5 Å². The van der Waals surface area contributed by atoms with Crippen LogP contribution in [-0.2, 0) is 4.79 Å². The molecule has 0 saturated heterocycles. The van der Waals surface area contributed by atoms with E-state index in [0.717, 1.165) is 0 Å². The fourth-order valence-corrected chi connectivity index (χ4v) is 3.47. The number of likely N-dealkylation sites (N-methyl/N-ethyl adjacent to an activating group) is 1. The van der Waals surface area contributed by atoms with Crippen LogP contribution in [0.15, 0.2) is 72.8 Å². The molecule has 7 heteroatoms. The molecule has 1 atom stereocenters. The number of anilines is 1.